The van der Waals surface area contributed by atoms with E-state index >= 15 is 4.39 Å². The number of amides is 1. The number of halogens is 2. The van der Waals surface area contributed by atoms with E-state index in [1.807, 2.05) is 48.0 Å². The lowest BCUT2D eigenvalue weighted by atomic mass is 9.97. The van der Waals surface area contributed by atoms with E-state index in [0.717, 1.165) is 79.6 Å². The fourth-order valence-corrected chi connectivity index (χ4v) is 9.24. The zero-order chi connectivity index (χ0) is 39.2. The van der Waals surface area contributed by atoms with E-state index in [4.69, 9.17) is 10.1 Å². The minimum atomic E-state index is -0.522. The van der Waals surface area contributed by atoms with Crippen LogP contribution in [0.2, 0.25) is 0 Å². The number of imidazole rings is 1. The zero-order valence-electron chi connectivity index (χ0n) is 31.9. The molecule has 12 nitrogen and oxygen atoms in total. The summed E-state index contributed by atoms with van der Waals surface area (Å²) in [5, 5.41) is 8.10. The summed E-state index contributed by atoms with van der Waals surface area (Å²) < 4.78 is 32.0. The Morgan fingerprint density at radius 3 is 2.58 bits per heavy atom. The lowest BCUT2D eigenvalue weighted by Crippen LogP contribution is -2.52. The average Bonchev–Trinajstić information content (AvgIpc) is 3.99. The standard InChI is InChI=1S/C43H45F2N9O3/c1-50(24-28-10-12-32-33(42(28)45)25-53(43(32)57)31-11-13-35(46-22-31)38(56)26-55)30-16-19-51(20-17-30)40-9-3-7-34(48-40)37-23-47-39-14-15-41(49-54(37)39)52-18-4-8-36(52)27-5-2-6-29(44)21-27/h2-3,5-7,9-10,12,14-15,21,23,26,30-31,35-36,46H,4,8,11,13,16-20,22,24-25H2,1H3. The third kappa shape index (κ3) is 7.05. The highest BCUT2D eigenvalue weighted by atomic mass is 19.1. The Labute approximate surface area is 329 Å². The molecule has 1 amide bonds. The fourth-order valence-electron chi connectivity index (χ4n) is 9.24. The second-order valence-electron chi connectivity index (χ2n) is 15.7. The Balaban J connectivity index is 0.839. The van der Waals surface area contributed by atoms with E-state index in [-0.39, 0.29) is 42.2 Å². The molecule has 1 N–H and O–H groups in total. The molecular formula is C43H45F2N9O3. The summed E-state index contributed by atoms with van der Waals surface area (Å²) in [6.07, 6.45) is 6.87. The second-order valence-corrected chi connectivity index (χ2v) is 15.7. The maximum Gasteiger partial charge on any atom is 0.254 e. The Hall–Kier alpha value is -5.60. The van der Waals surface area contributed by atoms with E-state index in [1.165, 1.54) is 6.07 Å². The summed E-state index contributed by atoms with van der Waals surface area (Å²) in [6, 6.07) is 19.9. The molecule has 2 aromatic carbocycles. The molecule has 0 radical (unpaired) electrons. The van der Waals surface area contributed by atoms with E-state index in [9.17, 15) is 18.8 Å². The van der Waals surface area contributed by atoms with E-state index in [1.54, 1.807) is 35.4 Å². The maximum absolute atomic E-state index is 16.0. The summed E-state index contributed by atoms with van der Waals surface area (Å²) >= 11 is 0. The van der Waals surface area contributed by atoms with Crippen molar-refractivity contribution in [3.05, 3.63) is 107 Å². The number of nitrogens with one attached hydrogen (secondary N) is 1. The van der Waals surface area contributed by atoms with Crippen LogP contribution in [0.5, 0.6) is 0 Å². The molecule has 5 aromatic rings. The molecule has 3 aromatic heterocycles. The lowest BCUT2D eigenvalue weighted by Gasteiger charge is -2.37. The average molecular weight is 774 g/mol. The van der Waals surface area contributed by atoms with Crippen molar-refractivity contribution in [2.24, 2.45) is 0 Å². The molecule has 3 saturated heterocycles. The quantitative estimate of drug-likeness (QED) is 0.147. The SMILES string of the molecule is CN(Cc1ccc2c(c1F)CN(C1CCC(C(=O)C=O)NC1)C2=O)C1CCN(c2cccc(-c3cnc4ccc(N5CCCC5c5cccc(F)c5)nn34)n2)CC1. The van der Waals surface area contributed by atoms with Gasteiger partial charge in [0.1, 0.15) is 29.0 Å². The second kappa shape index (κ2) is 15.4. The van der Waals surface area contributed by atoms with Crippen molar-refractivity contribution < 1.29 is 23.2 Å². The van der Waals surface area contributed by atoms with Gasteiger partial charge in [0.15, 0.2) is 11.9 Å². The first-order chi connectivity index (χ1) is 27.7. The highest BCUT2D eigenvalue weighted by Gasteiger charge is 2.38. The Kier molecular flexibility index (Phi) is 9.99. The van der Waals surface area contributed by atoms with Crippen LogP contribution in [0.15, 0.2) is 72.9 Å². The number of piperidine rings is 2. The number of ketones is 1. The number of hydrogen-bond acceptors (Lipinski definition) is 10. The van der Waals surface area contributed by atoms with E-state index < -0.39 is 11.8 Å². The number of anilines is 2. The molecule has 0 saturated carbocycles. The number of rotatable bonds is 10. The van der Waals surface area contributed by atoms with Crippen molar-refractivity contribution in [1.82, 2.24) is 34.7 Å². The van der Waals surface area contributed by atoms with Gasteiger partial charge in [0.05, 0.1) is 30.5 Å². The molecule has 0 bridgehead atoms. The summed E-state index contributed by atoms with van der Waals surface area (Å²) in [6.45, 7) is 3.43. The molecule has 3 fully saturated rings. The molecular weight excluding hydrogens is 729 g/mol. The molecule has 4 aliphatic rings. The summed E-state index contributed by atoms with van der Waals surface area (Å²) in [7, 11) is 2.03. The predicted molar refractivity (Wildman–Crippen MR) is 211 cm³/mol. The van der Waals surface area contributed by atoms with Crippen molar-refractivity contribution in [3.63, 3.8) is 0 Å². The van der Waals surface area contributed by atoms with Crippen LogP contribution in [0, 0.1) is 11.6 Å². The Morgan fingerprint density at radius 2 is 1.79 bits per heavy atom. The van der Waals surface area contributed by atoms with Crippen LogP contribution in [0.4, 0.5) is 20.4 Å². The number of hydrogen-bond donors (Lipinski definition) is 1. The monoisotopic (exact) mass is 773 g/mol. The van der Waals surface area contributed by atoms with Gasteiger partial charge in [-0.25, -0.2) is 23.3 Å². The van der Waals surface area contributed by atoms with Gasteiger partial charge < -0.3 is 20.0 Å². The molecule has 0 spiro atoms. The van der Waals surface area contributed by atoms with Gasteiger partial charge in [-0.2, -0.15) is 0 Å². The van der Waals surface area contributed by atoms with Gasteiger partial charge in [-0.05, 0) is 93.6 Å². The number of carbonyl (C=O) groups is 3. The Bertz CT molecular complexity index is 2340. The number of carbonyl (C=O) groups excluding carboxylic acids is 3. The summed E-state index contributed by atoms with van der Waals surface area (Å²) in [5.74, 6) is 0.456. The highest BCUT2D eigenvalue weighted by molar-refractivity contribution is 6.27. The fraction of sp³-hybridized carbons (Fsp3) is 0.395. The molecule has 57 heavy (non-hydrogen) atoms. The highest BCUT2D eigenvalue weighted by Crippen LogP contribution is 2.36. The minimum Gasteiger partial charge on any atom is -0.356 e. The van der Waals surface area contributed by atoms with Gasteiger partial charge in [0, 0.05) is 61.5 Å². The van der Waals surface area contributed by atoms with Crippen LogP contribution >= 0.6 is 0 Å². The molecule has 4 aliphatic heterocycles. The number of benzene rings is 2. The number of aromatic nitrogens is 4. The van der Waals surface area contributed by atoms with Gasteiger partial charge >= 0.3 is 0 Å². The third-order valence-corrected chi connectivity index (χ3v) is 12.4. The van der Waals surface area contributed by atoms with Crippen molar-refractivity contribution in [2.75, 3.05) is 43.0 Å². The molecule has 3 atom stereocenters. The zero-order valence-corrected chi connectivity index (χ0v) is 31.9. The van der Waals surface area contributed by atoms with Crippen molar-refractivity contribution in [2.45, 2.75) is 75.8 Å². The minimum absolute atomic E-state index is 0.0511. The first-order valence-electron chi connectivity index (χ1n) is 19.9. The topological polar surface area (TPSA) is 119 Å². The smallest absolute Gasteiger partial charge is 0.254 e. The molecule has 14 heteroatoms. The predicted octanol–water partition coefficient (Wildman–Crippen LogP) is 5.36. The van der Waals surface area contributed by atoms with E-state index in [2.05, 4.69) is 25.0 Å². The number of pyridine rings is 1. The van der Waals surface area contributed by atoms with Gasteiger partial charge in [-0.15, -0.1) is 5.10 Å². The van der Waals surface area contributed by atoms with Crippen LogP contribution in [0.25, 0.3) is 17.0 Å². The first-order valence-corrected chi connectivity index (χ1v) is 19.9. The molecule has 9 rings (SSSR count). The van der Waals surface area contributed by atoms with Crippen LogP contribution in [-0.2, 0) is 22.7 Å². The van der Waals surface area contributed by atoms with Crippen molar-refractivity contribution in [3.8, 4) is 11.4 Å². The van der Waals surface area contributed by atoms with Crippen LogP contribution in [-0.4, -0.2) is 98.7 Å². The van der Waals surface area contributed by atoms with Crippen molar-refractivity contribution in [1.29, 1.82) is 0 Å². The van der Waals surface area contributed by atoms with Crippen LogP contribution < -0.4 is 15.1 Å². The normalized spacial score (nSPS) is 21.5. The number of aldehydes is 1. The summed E-state index contributed by atoms with van der Waals surface area (Å²) in [4.78, 5) is 54.1. The lowest BCUT2D eigenvalue weighted by molar-refractivity contribution is -0.131. The number of fused-ring (bicyclic) bond motifs is 2. The number of Topliss-reactive ketones (excluding diaryl/α,β-unsaturated/α-hetero) is 1. The van der Waals surface area contributed by atoms with Gasteiger partial charge in [-0.3, -0.25) is 19.3 Å². The van der Waals surface area contributed by atoms with Crippen molar-refractivity contribution >= 4 is 35.3 Å². The van der Waals surface area contributed by atoms with Crippen LogP contribution in [0.1, 0.15) is 71.6 Å². The van der Waals surface area contributed by atoms with Gasteiger partial charge in [0.25, 0.3) is 5.91 Å². The Morgan fingerprint density at radius 1 is 0.947 bits per heavy atom. The molecule has 7 heterocycles. The largest absolute Gasteiger partial charge is 0.356 e. The van der Waals surface area contributed by atoms with Gasteiger partial charge in [-0.1, -0.05) is 24.3 Å². The molecule has 0 aliphatic carbocycles. The van der Waals surface area contributed by atoms with E-state index in [0.29, 0.717) is 48.9 Å². The summed E-state index contributed by atoms with van der Waals surface area (Å²) in [5.41, 5.74) is 4.63. The molecule has 294 valence electrons. The molecule has 3 unspecified atom stereocenters. The number of nitrogens with zero attached hydrogens (tertiary/aromatic N) is 8. The third-order valence-electron chi connectivity index (χ3n) is 12.4. The van der Waals surface area contributed by atoms with Gasteiger partial charge in [0.2, 0.25) is 5.78 Å². The van der Waals surface area contributed by atoms with Crippen LogP contribution in [0.3, 0.4) is 0 Å². The maximum atomic E-state index is 16.0. The first kappa shape index (κ1) is 37.0.